The fourth-order valence-corrected chi connectivity index (χ4v) is 2.28. The van der Waals surface area contributed by atoms with E-state index >= 15 is 0 Å². The lowest BCUT2D eigenvalue weighted by atomic mass is 10.1. The van der Waals surface area contributed by atoms with Crippen molar-refractivity contribution in [1.29, 1.82) is 0 Å². The van der Waals surface area contributed by atoms with Gasteiger partial charge in [0.1, 0.15) is 5.75 Å². The lowest BCUT2D eigenvalue weighted by Crippen LogP contribution is -2.43. The van der Waals surface area contributed by atoms with Gasteiger partial charge in [-0.05, 0) is 38.5 Å². The van der Waals surface area contributed by atoms with Crippen LogP contribution in [0, 0.1) is 0 Å². The van der Waals surface area contributed by atoms with Crippen LogP contribution >= 0.6 is 0 Å². The minimum atomic E-state index is -0.506. The predicted molar refractivity (Wildman–Crippen MR) is 88.7 cm³/mol. The van der Waals surface area contributed by atoms with Crippen LogP contribution in [0.2, 0.25) is 0 Å². The molecule has 3 nitrogen and oxygen atoms in total. The minimum Gasteiger partial charge on any atom is -0.481 e. The zero-order valence-electron chi connectivity index (χ0n) is 13.4. The van der Waals surface area contributed by atoms with E-state index in [9.17, 15) is 4.79 Å². The van der Waals surface area contributed by atoms with Crippen LogP contribution in [0.5, 0.6) is 5.75 Å². The Kier molecular flexibility index (Phi) is 5.59. The van der Waals surface area contributed by atoms with E-state index in [4.69, 9.17) is 4.74 Å². The zero-order valence-corrected chi connectivity index (χ0v) is 13.4. The Morgan fingerprint density at radius 3 is 2.05 bits per heavy atom. The summed E-state index contributed by atoms with van der Waals surface area (Å²) in [4.78, 5) is 14.5. The summed E-state index contributed by atoms with van der Waals surface area (Å²) in [6.07, 6.45) is -0.506. The molecule has 0 bridgehead atoms. The van der Waals surface area contributed by atoms with Gasteiger partial charge in [0.2, 0.25) is 0 Å². The van der Waals surface area contributed by atoms with Crippen LogP contribution in [0.1, 0.15) is 26.3 Å². The molecule has 0 spiro atoms. The second-order valence-electron chi connectivity index (χ2n) is 5.62. The molecule has 0 N–H and O–H groups in total. The molecule has 2 aromatic carbocycles. The Bertz CT molecular complexity index is 581. The van der Waals surface area contributed by atoms with Crippen LogP contribution in [0.25, 0.3) is 0 Å². The van der Waals surface area contributed by atoms with Crippen molar-refractivity contribution in [2.24, 2.45) is 0 Å². The second kappa shape index (κ2) is 7.64. The van der Waals surface area contributed by atoms with Crippen LogP contribution in [0.3, 0.4) is 0 Å². The van der Waals surface area contributed by atoms with Crippen LogP contribution in [-0.4, -0.2) is 23.0 Å². The van der Waals surface area contributed by atoms with E-state index in [2.05, 4.69) is 0 Å². The molecule has 0 aliphatic carbocycles. The van der Waals surface area contributed by atoms with E-state index < -0.39 is 6.10 Å². The Labute approximate surface area is 132 Å². The summed E-state index contributed by atoms with van der Waals surface area (Å²) in [6, 6.07) is 19.6. The van der Waals surface area contributed by atoms with E-state index in [0.29, 0.717) is 12.3 Å². The number of rotatable bonds is 6. The number of carbonyl (C=O) groups is 1. The summed E-state index contributed by atoms with van der Waals surface area (Å²) in [5, 5.41) is 0. The van der Waals surface area contributed by atoms with Gasteiger partial charge in [0.15, 0.2) is 6.10 Å². The number of para-hydroxylation sites is 1. The van der Waals surface area contributed by atoms with Crippen molar-refractivity contribution in [3.05, 3.63) is 66.2 Å². The first-order valence-electron chi connectivity index (χ1n) is 7.64. The molecule has 0 radical (unpaired) electrons. The molecule has 0 heterocycles. The Hall–Kier alpha value is -2.29. The maximum atomic E-state index is 12.7. The molecule has 3 heteroatoms. The van der Waals surface area contributed by atoms with Crippen molar-refractivity contribution >= 4 is 5.91 Å². The van der Waals surface area contributed by atoms with Crippen molar-refractivity contribution in [1.82, 2.24) is 4.90 Å². The van der Waals surface area contributed by atoms with Gasteiger partial charge < -0.3 is 9.64 Å². The highest BCUT2D eigenvalue weighted by Gasteiger charge is 2.24. The van der Waals surface area contributed by atoms with Gasteiger partial charge in [0, 0.05) is 12.6 Å². The maximum Gasteiger partial charge on any atom is 0.263 e. The Morgan fingerprint density at radius 2 is 1.50 bits per heavy atom. The lowest BCUT2D eigenvalue weighted by molar-refractivity contribution is -0.140. The summed E-state index contributed by atoms with van der Waals surface area (Å²) in [7, 11) is 0. The molecule has 0 aliphatic rings. The molecule has 0 aromatic heterocycles. The number of carbonyl (C=O) groups excluding carboxylic acids is 1. The molecule has 116 valence electrons. The topological polar surface area (TPSA) is 29.5 Å². The van der Waals surface area contributed by atoms with Gasteiger partial charge in [-0.1, -0.05) is 48.5 Å². The van der Waals surface area contributed by atoms with E-state index in [1.165, 1.54) is 0 Å². The summed E-state index contributed by atoms with van der Waals surface area (Å²) in [5.41, 5.74) is 1.12. The highest BCUT2D eigenvalue weighted by molar-refractivity contribution is 5.81. The van der Waals surface area contributed by atoms with Gasteiger partial charge in [-0.15, -0.1) is 0 Å². The third kappa shape index (κ3) is 4.35. The molecule has 0 fully saturated rings. The summed E-state index contributed by atoms with van der Waals surface area (Å²) in [5.74, 6) is 0.717. The first-order chi connectivity index (χ1) is 10.6. The van der Waals surface area contributed by atoms with Gasteiger partial charge in [-0.2, -0.15) is 0 Å². The van der Waals surface area contributed by atoms with Crippen molar-refractivity contribution < 1.29 is 9.53 Å². The fraction of sp³-hybridized carbons (Fsp3) is 0.316. The number of amides is 1. The highest BCUT2D eigenvalue weighted by atomic mass is 16.5. The molecule has 1 atom stereocenters. The molecular weight excluding hydrogens is 274 g/mol. The highest BCUT2D eigenvalue weighted by Crippen LogP contribution is 2.15. The first-order valence-corrected chi connectivity index (χ1v) is 7.64. The molecule has 0 saturated carbocycles. The lowest BCUT2D eigenvalue weighted by Gasteiger charge is -2.29. The third-order valence-corrected chi connectivity index (χ3v) is 3.51. The van der Waals surface area contributed by atoms with Gasteiger partial charge in [-0.3, -0.25) is 4.79 Å². The third-order valence-electron chi connectivity index (χ3n) is 3.51. The van der Waals surface area contributed by atoms with Crippen molar-refractivity contribution in [2.75, 3.05) is 0 Å². The number of ether oxygens (including phenoxy) is 1. The summed E-state index contributed by atoms with van der Waals surface area (Å²) >= 11 is 0. The smallest absolute Gasteiger partial charge is 0.263 e. The summed E-state index contributed by atoms with van der Waals surface area (Å²) < 4.78 is 5.75. The molecule has 0 aliphatic heterocycles. The van der Waals surface area contributed by atoms with Gasteiger partial charge in [-0.25, -0.2) is 0 Å². The quantitative estimate of drug-likeness (QED) is 0.809. The van der Waals surface area contributed by atoms with E-state index in [1.807, 2.05) is 79.4 Å². The van der Waals surface area contributed by atoms with Crippen LogP contribution in [-0.2, 0) is 11.3 Å². The molecule has 1 unspecified atom stereocenters. The molecule has 2 rings (SSSR count). The van der Waals surface area contributed by atoms with Crippen LogP contribution in [0.15, 0.2) is 60.7 Å². The first kappa shape index (κ1) is 16.1. The molecule has 1 amide bonds. The number of hydrogen-bond acceptors (Lipinski definition) is 2. The molecular formula is C19H23NO2. The standard InChI is InChI=1S/C19H23NO2/c1-15(2)20(14-17-10-6-4-7-11-17)19(21)16(3)22-18-12-8-5-9-13-18/h4-13,15-16H,14H2,1-3H3. The fourth-order valence-electron chi connectivity index (χ4n) is 2.28. The zero-order chi connectivity index (χ0) is 15.9. The predicted octanol–water partition coefficient (Wildman–Crippen LogP) is 3.89. The second-order valence-corrected chi connectivity index (χ2v) is 5.62. The average Bonchev–Trinajstić information content (AvgIpc) is 2.53. The number of benzene rings is 2. The minimum absolute atomic E-state index is 0.00251. The van der Waals surface area contributed by atoms with Gasteiger partial charge in [0.25, 0.3) is 5.91 Å². The van der Waals surface area contributed by atoms with Gasteiger partial charge >= 0.3 is 0 Å². The largest absolute Gasteiger partial charge is 0.481 e. The SMILES string of the molecule is CC(Oc1ccccc1)C(=O)N(Cc1ccccc1)C(C)C. The number of hydrogen-bond donors (Lipinski definition) is 0. The van der Waals surface area contributed by atoms with Crippen molar-refractivity contribution in [3.8, 4) is 5.75 Å². The Morgan fingerprint density at radius 1 is 0.955 bits per heavy atom. The summed E-state index contributed by atoms with van der Waals surface area (Å²) in [6.45, 7) is 6.45. The average molecular weight is 297 g/mol. The van der Waals surface area contributed by atoms with Crippen LogP contribution < -0.4 is 4.74 Å². The normalized spacial score (nSPS) is 12.0. The molecule has 2 aromatic rings. The monoisotopic (exact) mass is 297 g/mol. The van der Waals surface area contributed by atoms with E-state index in [1.54, 1.807) is 6.92 Å². The molecule has 22 heavy (non-hydrogen) atoms. The van der Waals surface area contributed by atoms with Gasteiger partial charge in [0.05, 0.1) is 0 Å². The van der Waals surface area contributed by atoms with Crippen molar-refractivity contribution in [3.63, 3.8) is 0 Å². The van der Waals surface area contributed by atoms with Crippen LogP contribution in [0.4, 0.5) is 0 Å². The Balaban J connectivity index is 2.06. The van der Waals surface area contributed by atoms with E-state index in [-0.39, 0.29) is 11.9 Å². The molecule has 0 saturated heterocycles. The van der Waals surface area contributed by atoms with Crippen molar-refractivity contribution in [2.45, 2.75) is 39.5 Å². The number of nitrogens with zero attached hydrogens (tertiary/aromatic N) is 1. The van der Waals surface area contributed by atoms with E-state index in [0.717, 1.165) is 5.56 Å². The maximum absolute atomic E-state index is 12.7.